The van der Waals surface area contributed by atoms with Gasteiger partial charge in [-0.2, -0.15) is 0 Å². The molecule has 1 spiro atoms. The number of allylic oxidation sites excluding steroid dienone is 5. The second-order valence-corrected chi connectivity index (χ2v) is 22.6. The first-order valence-corrected chi connectivity index (χ1v) is 27.6. The summed E-state index contributed by atoms with van der Waals surface area (Å²) in [7, 11) is 0. The molecule has 2 fully saturated rings. The van der Waals surface area contributed by atoms with Crippen LogP contribution in [0, 0.1) is 23.2 Å². The van der Waals surface area contributed by atoms with E-state index < -0.39 is 71.1 Å². The topological polar surface area (TPSA) is 282 Å². The van der Waals surface area contributed by atoms with Crippen molar-refractivity contribution in [3.05, 3.63) is 159 Å². The molecule has 0 unspecified atom stereocenters. The number of benzene rings is 3. The Morgan fingerprint density at radius 2 is 1.70 bits per heavy atom. The number of aliphatic hydroxyl groups is 5. The van der Waals surface area contributed by atoms with Crippen LogP contribution in [0.15, 0.2) is 130 Å². The van der Waals surface area contributed by atoms with Gasteiger partial charge in [-0.15, -0.1) is 0 Å². The fourth-order valence-electron chi connectivity index (χ4n) is 13.2. The van der Waals surface area contributed by atoms with E-state index in [1.54, 1.807) is 31.2 Å². The number of guanidine groups is 1. The number of hydrogen-bond donors (Lipinski definition) is 12. The van der Waals surface area contributed by atoms with Gasteiger partial charge in [0.2, 0.25) is 5.91 Å². The largest absolute Gasteiger partial charge is 0.508 e. The number of nitrogens with zero attached hydrogens (tertiary/aromatic N) is 1. The molecule has 0 aromatic heterocycles. The Hall–Kier alpha value is -5.75. The van der Waals surface area contributed by atoms with Gasteiger partial charge in [-0.05, 0) is 166 Å². The summed E-state index contributed by atoms with van der Waals surface area (Å²) < 4.78 is 0. The number of rotatable bonds is 13. The predicted molar refractivity (Wildman–Crippen MR) is 303 cm³/mol. The molecule has 2 heterocycles. The van der Waals surface area contributed by atoms with Gasteiger partial charge in [0.15, 0.2) is 11.7 Å². The van der Waals surface area contributed by atoms with Gasteiger partial charge in [0.05, 0.1) is 30.5 Å². The Kier molecular flexibility index (Phi) is 19.7. The third-order valence-corrected chi connectivity index (χ3v) is 17.4. The highest BCUT2D eigenvalue weighted by Gasteiger charge is 2.64. The highest BCUT2D eigenvalue weighted by molar-refractivity contribution is 5.98. The lowest BCUT2D eigenvalue weighted by Gasteiger charge is -2.56. The molecule has 2 aliphatic carbocycles. The second kappa shape index (κ2) is 25.8. The number of likely N-dealkylation sites (N-methyl/N-ethyl adjacent to an activating group) is 1. The van der Waals surface area contributed by atoms with E-state index in [0.717, 1.165) is 40.8 Å². The standard InChI is InChI=1S/C62H85N7O8/c1-7-66-52(24-17-36(2)3)37(4)11-8-15-43(35-70)47-26-28-62(57(47)75)51-23-22-45(72)30-39-12-9-13-40(29-39)31-49(50(33-68-60(64)65)41-18-20-44(71)21-19-41)54(74)34-67-56-55-42(14-10-16-48(55)58(63)69-59(56)76)32-53(73)38(5)46(51)25-27-61(62,6)77/h8-21,29,45,47,49-52,54,56-58,66-67,70-72,74-75,77H,4,7,22-28,30-35,63H2,1-3,5-6H3,(H,69,76)(H4,64,65,68)/b11-8+,43-15-,46-38+/t45-,47+,49+,50+,51+,52-,54+,56+,57+,58+,61+,62+/m0/s1. The lowest BCUT2D eigenvalue weighted by atomic mass is 9.52. The van der Waals surface area contributed by atoms with E-state index in [2.05, 4.69) is 54.4 Å². The van der Waals surface area contributed by atoms with Crippen LogP contribution >= 0.6 is 0 Å². The molecule has 3 aromatic rings. The number of phenolic OH excluding ortho intramolecular Hbond substituents is 1. The lowest BCUT2D eigenvalue weighted by Crippen LogP contribution is -2.59. The predicted octanol–water partition coefficient (Wildman–Crippen LogP) is 5.80. The molecule has 1 amide bonds. The number of aliphatic imine (C=N–C) groups is 1. The van der Waals surface area contributed by atoms with E-state index in [0.29, 0.717) is 59.9 Å². The zero-order valence-corrected chi connectivity index (χ0v) is 45.7. The monoisotopic (exact) mass is 1060 g/mol. The fraction of sp³-hybridized carbons (Fsp3) is 0.500. The molecule has 12 atom stereocenters. The van der Waals surface area contributed by atoms with Crippen molar-refractivity contribution in [3.8, 4) is 5.75 Å². The number of ketones is 1. The van der Waals surface area contributed by atoms with E-state index in [4.69, 9.17) is 17.2 Å². The molecule has 15 N–H and O–H groups in total. The van der Waals surface area contributed by atoms with Crippen molar-refractivity contribution in [1.82, 2.24) is 16.0 Å². The number of phenols is 1. The minimum Gasteiger partial charge on any atom is -0.508 e. The van der Waals surface area contributed by atoms with E-state index >= 15 is 4.79 Å². The summed E-state index contributed by atoms with van der Waals surface area (Å²) in [5, 5.41) is 81.1. The van der Waals surface area contributed by atoms with Gasteiger partial charge >= 0.3 is 0 Å². The highest BCUT2D eigenvalue weighted by Crippen LogP contribution is 2.63. The lowest BCUT2D eigenvalue weighted by molar-refractivity contribution is -0.168. The molecular weight excluding hydrogens is 971 g/mol. The zero-order chi connectivity index (χ0) is 55.8. The number of nitrogens with two attached hydrogens (primary N) is 3. The normalized spacial score (nSPS) is 30.2. The first-order chi connectivity index (χ1) is 36.7. The smallest absolute Gasteiger partial charge is 0.243 e. The maximum atomic E-state index is 15.1. The number of carbonyl (C=O) groups is 2. The maximum absolute atomic E-state index is 15.1. The molecule has 7 rings (SSSR count). The number of β-amino-alcohol motifs (C(OH)–C–C–N with tert-alkyl or cyclic N) is 1. The van der Waals surface area contributed by atoms with Crippen molar-refractivity contribution in [3.63, 3.8) is 0 Å². The van der Waals surface area contributed by atoms with Gasteiger partial charge in [-0.1, -0.05) is 104 Å². The second-order valence-electron chi connectivity index (χ2n) is 22.6. The third kappa shape index (κ3) is 13.4. The average Bonchev–Trinajstić information content (AvgIpc) is 3.87. The Bertz CT molecular complexity index is 2740. The summed E-state index contributed by atoms with van der Waals surface area (Å²) in [6.07, 6.45) is 7.44. The van der Waals surface area contributed by atoms with Gasteiger partial charge in [-0.25, -0.2) is 0 Å². The van der Waals surface area contributed by atoms with Crippen molar-refractivity contribution in [2.24, 2.45) is 45.4 Å². The van der Waals surface area contributed by atoms with Gasteiger partial charge in [0, 0.05) is 42.8 Å². The van der Waals surface area contributed by atoms with Crippen LogP contribution in [0.2, 0.25) is 0 Å². The summed E-state index contributed by atoms with van der Waals surface area (Å²) >= 11 is 0. The van der Waals surface area contributed by atoms with Crippen LogP contribution in [-0.4, -0.2) is 104 Å². The summed E-state index contributed by atoms with van der Waals surface area (Å²) in [4.78, 5) is 33.6. The molecule has 0 saturated heterocycles. The minimum atomic E-state index is -1.39. The number of aliphatic hydroxyl groups excluding tert-OH is 4. The zero-order valence-electron chi connectivity index (χ0n) is 45.7. The minimum absolute atomic E-state index is 0.0267. The van der Waals surface area contributed by atoms with E-state index in [1.807, 2.05) is 67.6 Å². The number of hydrogen-bond acceptors (Lipinski definition) is 12. The van der Waals surface area contributed by atoms with Crippen LogP contribution < -0.4 is 33.2 Å². The van der Waals surface area contributed by atoms with Gasteiger partial charge < -0.3 is 58.5 Å². The molecule has 15 nitrogen and oxygen atoms in total. The van der Waals surface area contributed by atoms with E-state index in [9.17, 15) is 35.4 Å². The van der Waals surface area contributed by atoms with Crippen LogP contribution in [0.4, 0.5) is 0 Å². The van der Waals surface area contributed by atoms with Crippen molar-refractivity contribution >= 4 is 17.6 Å². The fourth-order valence-corrected chi connectivity index (χ4v) is 13.2. The van der Waals surface area contributed by atoms with Crippen LogP contribution in [0.1, 0.15) is 131 Å². The van der Waals surface area contributed by atoms with Crippen LogP contribution in [-0.2, 0) is 28.9 Å². The van der Waals surface area contributed by atoms with Crippen molar-refractivity contribution in [2.45, 2.75) is 147 Å². The van der Waals surface area contributed by atoms with Crippen LogP contribution in [0.3, 0.4) is 0 Å². The average molecular weight is 1060 g/mol. The molecule has 2 bridgehead atoms. The Morgan fingerprint density at radius 3 is 2.39 bits per heavy atom. The first-order valence-electron chi connectivity index (χ1n) is 27.6. The first kappa shape index (κ1) is 58.9. The Balaban J connectivity index is 1.30. The summed E-state index contributed by atoms with van der Waals surface area (Å²) in [6, 6.07) is 19.1. The molecule has 416 valence electrons. The van der Waals surface area contributed by atoms with Gasteiger partial charge in [0.1, 0.15) is 18.0 Å². The molecule has 77 heavy (non-hydrogen) atoms. The van der Waals surface area contributed by atoms with Gasteiger partial charge in [-0.3, -0.25) is 19.9 Å². The summed E-state index contributed by atoms with van der Waals surface area (Å²) in [5.41, 5.74) is 24.2. The third-order valence-electron chi connectivity index (χ3n) is 17.4. The van der Waals surface area contributed by atoms with Gasteiger partial charge in [0.25, 0.3) is 0 Å². The quantitative estimate of drug-likeness (QED) is 0.0418. The van der Waals surface area contributed by atoms with Crippen molar-refractivity contribution in [1.29, 1.82) is 0 Å². The van der Waals surface area contributed by atoms with E-state index in [1.165, 1.54) is 5.57 Å². The number of aromatic hydroxyl groups is 1. The van der Waals surface area contributed by atoms with Crippen molar-refractivity contribution < 1.29 is 40.2 Å². The number of amides is 1. The number of carbonyl (C=O) groups excluding carboxylic acids is 2. The van der Waals surface area contributed by atoms with E-state index in [-0.39, 0.29) is 68.9 Å². The Labute approximate surface area is 455 Å². The van der Waals surface area contributed by atoms with Crippen LogP contribution in [0.5, 0.6) is 5.75 Å². The maximum Gasteiger partial charge on any atom is 0.243 e. The molecule has 2 saturated carbocycles. The number of Topliss-reactive ketones (excluding diaryl/α,β-unsaturated/α-hetero) is 1. The molecule has 3 aromatic carbocycles. The molecule has 15 heteroatoms. The molecule has 0 radical (unpaired) electrons. The highest BCUT2D eigenvalue weighted by atomic mass is 16.3. The Morgan fingerprint density at radius 1 is 0.987 bits per heavy atom. The molecular formula is C62H85N7O8. The number of nitrogens with one attached hydrogen (secondary N) is 3. The summed E-state index contributed by atoms with van der Waals surface area (Å²) in [5.74, 6) is -2.72. The number of fused-ring (bicyclic) bond motifs is 4. The van der Waals surface area contributed by atoms with Crippen molar-refractivity contribution in [2.75, 3.05) is 26.2 Å². The molecule has 4 aliphatic rings. The van der Waals surface area contributed by atoms with Crippen LogP contribution in [0.25, 0.3) is 0 Å². The molecule has 2 aliphatic heterocycles. The SMILES string of the molecule is C=C(/C=C/C=C(/CO)[C@H]1CC[C@@]2([C@@H]3CC[C@H](O)Cc4cccc(c4)C[C@H]([C@H](CN=C(N)N)c4ccc(O)cc4)[C@H](O)CN[C@H]4C(=O)N[C@@H](N)c5cccc(c54)CC(=O)/C(C)=C/3CC[C@@]2(C)O)[C@@H]1O)[C@H](CC=C(C)C)NCC. The summed E-state index contributed by atoms with van der Waals surface area (Å²) in [6.45, 7) is 14.6.